The lowest BCUT2D eigenvalue weighted by Crippen LogP contribution is -2.02. The van der Waals surface area contributed by atoms with Crippen LogP contribution in [0, 0.1) is 6.92 Å². The Bertz CT molecular complexity index is 901. The molecule has 6 nitrogen and oxygen atoms in total. The molecule has 0 saturated carbocycles. The number of ether oxygens (including phenoxy) is 1. The van der Waals surface area contributed by atoms with Crippen LogP contribution in [0.5, 0.6) is 5.75 Å². The topological polar surface area (TPSA) is 91.0 Å². The number of hydrogen-bond acceptors (Lipinski definition) is 8. The molecule has 0 aliphatic rings. The largest absolute Gasteiger partial charge is 0.495 e. The van der Waals surface area contributed by atoms with Crippen molar-refractivity contribution in [3.8, 4) is 5.75 Å². The summed E-state index contributed by atoms with van der Waals surface area (Å²) in [6, 6.07) is 5.55. The molecule has 3 rings (SSSR count). The van der Waals surface area contributed by atoms with Crippen molar-refractivity contribution in [2.24, 2.45) is 5.73 Å². The van der Waals surface area contributed by atoms with Gasteiger partial charge in [0.2, 0.25) is 0 Å². The van der Waals surface area contributed by atoms with Gasteiger partial charge in [-0.05, 0) is 25.1 Å². The van der Waals surface area contributed by atoms with E-state index >= 15 is 0 Å². The average molecular weight is 397 g/mol. The third-order valence-electron chi connectivity index (χ3n) is 3.32. The van der Waals surface area contributed by atoms with E-state index in [1.165, 1.54) is 23.1 Å². The number of rotatable bonds is 6. The molecule has 0 fully saturated rings. The number of ketones is 1. The molecule has 0 saturated heterocycles. The van der Waals surface area contributed by atoms with E-state index in [0.29, 0.717) is 34.4 Å². The van der Waals surface area contributed by atoms with Crippen LogP contribution in [0.4, 0.5) is 0 Å². The Labute approximate surface area is 159 Å². The first-order valence-electron chi connectivity index (χ1n) is 7.24. The fourth-order valence-electron chi connectivity index (χ4n) is 2.13. The van der Waals surface area contributed by atoms with Crippen LogP contribution in [0.25, 0.3) is 11.0 Å². The number of pyridine rings is 1. The molecule has 132 valence electrons. The summed E-state index contributed by atoms with van der Waals surface area (Å²) < 4.78 is 5.21. The Morgan fingerprint density at radius 3 is 2.84 bits per heavy atom. The van der Waals surface area contributed by atoms with Crippen LogP contribution in [-0.4, -0.2) is 33.6 Å². The monoisotopic (exact) mass is 396 g/mol. The molecule has 0 unspecified atom stereocenters. The number of halogens is 1. The maximum Gasteiger partial charge on any atom is 0.183 e. The van der Waals surface area contributed by atoms with Crippen molar-refractivity contribution in [1.29, 1.82) is 0 Å². The zero-order chi connectivity index (χ0) is 17.1. The Hall–Kier alpha value is -1.74. The van der Waals surface area contributed by atoms with E-state index in [4.69, 9.17) is 10.5 Å². The van der Waals surface area contributed by atoms with E-state index < -0.39 is 0 Å². The summed E-state index contributed by atoms with van der Waals surface area (Å²) in [4.78, 5) is 27.1. The van der Waals surface area contributed by atoms with Crippen LogP contribution in [0.3, 0.4) is 0 Å². The van der Waals surface area contributed by atoms with Crippen LogP contribution in [0.15, 0.2) is 29.4 Å². The van der Waals surface area contributed by atoms with Crippen LogP contribution in [0.2, 0.25) is 0 Å². The summed E-state index contributed by atoms with van der Waals surface area (Å²) in [5.41, 5.74) is 6.19. The van der Waals surface area contributed by atoms with Crippen LogP contribution in [0.1, 0.15) is 20.4 Å². The molecule has 0 amide bonds. The normalized spacial score (nSPS) is 10.5. The van der Waals surface area contributed by atoms with E-state index in [2.05, 4.69) is 15.0 Å². The second-order valence-electron chi connectivity index (χ2n) is 5.00. The van der Waals surface area contributed by atoms with Gasteiger partial charge in [-0.3, -0.25) is 4.79 Å². The van der Waals surface area contributed by atoms with Crippen LogP contribution in [-0.2, 0) is 6.54 Å². The summed E-state index contributed by atoms with van der Waals surface area (Å²) in [5.74, 6) is 1.61. The number of aryl methyl sites for hydroxylation is 1. The molecule has 3 aromatic rings. The maximum atomic E-state index is 12.4. The van der Waals surface area contributed by atoms with Gasteiger partial charge in [-0.2, -0.15) is 0 Å². The second-order valence-corrected chi connectivity index (χ2v) is 7.14. The number of methoxy groups -OCH3 is 1. The van der Waals surface area contributed by atoms with Crippen molar-refractivity contribution in [1.82, 2.24) is 15.0 Å². The third-order valence-corrected chi connectivity index (χ3v) is 5.46. The van der Waals surface area contributed by atoms with E-state index in [-0.39, 0.29) is 18.2 Å². The molecule has 0 bridgehead atoms. The first kappa shape index (κ1) is 19.6. The fourth-order valence-corrected chi connectivity index (χ4v) is 3.98. The van der Waals surface area contributed by atoms with Gasteiger partial charge in [0.1, 0.15) is 16.6 Å². The molecule has 0 aliphatic carbocycles. The van der Waals surface area contributed by atoms with Gasteiger partial charge in [0, 0.05) is 11.4 Å². The van der Waals surface area contributed by atoms with Gasteiger partial charge in [-0.15, -0.1) is 23.7 Å². The Morgan fingerprint density at radius 2 is 2.16 bits per heavy atom. The van der Waals surface area contributed by atoms with E-state index in [0.717, 1.165) is 15.3 Å². The third kappa shape index (κ3) is 4.46. The quantitative estimate of drug-likeness (QED) is 0.388. The molecule has 0 spiro atoms. The summed E-state index contributed by atoms with van der Waals surface area (Å²) in [6.07, 6.45) is 1.62. The zero-order valence-electron chi connectivity index (χ0n) is 13.7. The molecular formula is C16H17ClN4O2S2. The first-order valence-corrected chi connectivity index (χ1v) is 9.04. The highest BCUT2D eigenvalue weighted by Gasteiger charge is 2.14. The number of thiophene rings is 1. The van der Waals surface area contributed by atoms with E-state index in [1.807, 2.05) is 25.1 Å². The SMILES string of the molecule is COc1cnc2nc(C)nc(SCC(=O)c3ccc(CN)s3)c2c1.Cl. The highest BCUT2D eigenvalue weighted by Crippen LogP contribution is 2.28. The van der Waals surface area contributed by atoms with Gasteiger partial charge in [0.15, 0.2) is 11.4 Å². The lowest BCUT2D eigenvalue weighted by atomic mass is 10.3. The van der Waals surface area contributed by atoms with Gasteiger partial charge in [-0.25, -0.2) is 15.0 Å². The maximum absolute atomic E-state index is 12.4. The molecule has 2 N–H and O–H groups in total. The van der Waals surface area contributed by atoms with Crippen molar-refractivity contribution in [3.05, 3.63) is 40.0 Å². The van der Waals surface area contributed by atoms with Gasteiger partial charge in [-0.1, -0.05) is 11.8 Å². The van der Waals surface area contributed by atoms with Crippen molar-refractivity contribution < 1.29 is 9.53 Å². The summed E-state index contributed by atoms with van der Waals surface area (Å²) in [6.45, 7) is 2.26. The molecule has 25 heavy (non-hydrogen) atoms. The predicted molar refractivity (Wildman–Crippen MR) is 103 cm³/mol. The van der Waals surface area contributed by atoms with Crippen molar-refractivity contribution in [3.63, 3.8) is 0 Å². The first-order chi connectivity index (χ1) is 11.6. The minimum absolute atomic E-state index is 0. The van der Waals surface area contributed by atoms with E-state index in [9.17, 15) is 4.79 Å². The fraction of sp³-hybridized carbons (Fsp3) is 0.250. The Balaban J connectivity index is 0.00000225. The summed E-state index contributed by atoms with van der Waals surface area (Å²) in [5, 5.41) is 1.51. The number of carbonyl (C=O) groups excluding carboxylic acids is 1. The smallest absolute Gasteiger partial charge is 0.183 e. The minimum atomic E-state index is 0. The van der Waals surface area contributed by atoms with Gasteiger partial charge >= 0.3 is 0 Å². The molecule has 0 aliphatic heterocycles. The standard InChI is InChI=1S/C16H16N4O2S2.ClH/c1-9-19-15-12(5-10(22-2)7-18-15)16(20-9)23-8-13(21)14-4-3-11(6-17)24-14;/h3-5,7H,6,8,17H2,1-2H3;1H. The van der Waals surface area contributed by atoms with Gasteiger partial charge < -0.3 is 10.5 Å². The van der Waals surface area contributed by atoms with Crippen molar-refractivity contribution >= 4 is 52.3 Å². The zero-order valence-corrected chi connectivity index (χ0v) is 16.1. The minimum Gasteiger partial charge on any atom is -0.495 e. The molecule has 0 aromatic carbocycles. The number of aromatic nitrogens is 3. The van der Waals surface area contributed by atoms with E-state index in [1.54, 1.807) is 13.3 Å². The lowest BCUT2D eigenvalue weighted by Gasteiger charge is -2.07. The highest BCUT2D eigenvalue weighted by atomic mass is 35.5. The number of hydrogen-bond donors (Lipinski definition) is 1. The van der Waals surface area contributed by atoms with Crippen LogP contribution < -0.4 is 10.5 Å². The molecule has 3 heterocycles. The Morgan fingerprint density at radius 1 is 1.36 bits per heavy atom. The summed E-state index contributed by atoms with van der Waals surface area (Å²) >= 11 is 2.82. The number of carbonyl (C=O) groups is 1. The molecule has 0 radical (unpaired) electrons. The molecule has 3 aromatic heterocycles. The second kappa shape index (κ2) is 8.57. The van der Waals surface area contributed by atoms with Crippen molar-refractivity contribution in [2.75, 3.05) is 12.9 Å². The predicted octanol–water partition coefficient (Wildman–Crippen LogP) is 3.26. The molecule has 9 heteroatoms. The Kier molecular flexibility index (Phi) is 6.71. The van der Waals surface area contributed by atoms with Gasteiger partial charge in [0.25, 0.3) is 0 Å². The number of Topliss-reactive ketones (excluding diaryl/α,β-unsaturated/α-hetero) is 1. The lowest BCUT2D eigenvalue weighted by molar-refractivity contribution is 0.102. The molecule has 0 atom stereocenters. The number of nitrogens with two attached hydrogens (primary N) is 1. The van der Waals surface area contributed by atoms with Gasteiger partial charge in [0.05, 0.1) is 29.3 Å². The molecular weight excluding hydrogens is 380 g/mol. The number of fused-ring (bicyclic) bond motifs is 1. The van der Waals surface area contributed by atoms with Crippen LogP contribution >= 0.6 is 35.5 Å². The number of thioether (sulfide) groups is 1. The number of nitrogens with zero attached hydrogens (tertiary/aromatic N) is 3. The van der Waals surface area contributed by atoms with Crippen molar-refractivity contribution in [2.45, 2.75) is 18.5 Å². The highest BCUT2D eigenvalue weighted by molar-refractivity contribution is 8.00. The summed E-state index contributed by atoms with van der Waals surface area (Å²) in [7, 11) is 1.58. The average Bonchev–Trinajstić information content (AvgIpc) is 3.08.